The Hall–Kier alpha value is -1.65. The fourth-order valence-electron chi connectivity index (χ4n) is 3.78. The number of carbonyl (C=O) groups excluding carboxylic acids is 1. The first kappa shape index (κ1) is 14.0. The summed E-state index contributed by atoms with van der Waals surface area (Å²) in [7, 11) is 0. The lowest BCUT2D eigenvalue weighted by molar-refractivity contribution is -0.124. The third kappa shape index (κ3) is 2.27. The molecule has 1 aliphatic heterocycles. The molecule has 1 saturated heterocycles. The second-order valence-corrected chi connectivity index (χ2v) is 7.13. The number of hydrogen-bond acceptors (Lipinski definition) is 4. The first-order valence-electron chi connectivity index (χ1n) is 8.59. The highest BCUT2D eigenvalue weighted by Gasteiger charge is 2.37. The largest absolute Gasteiger partial charge is 0.353 e. The maximum absolute atomic E-state index is 12.4. The van der Waals surface area contributed by atoms with Crippen LogP contribution in [-0.2, 0) is 17.6 Å². The van der Waals surface area contributed by atoms with Gasteiger partial charge in [0.1, 0.15) is 17.7 Å². The van der Waals surface area contributed by atoms with Crippen molar-refractivity contribution in [1.29, 1.82) is 0 Å². The van der Waals surface area contributed by atoms with Crippen molar-refractivity contribution in [2.75, 3.05) is 18.0 Å². The van der Waals surface area contributed by atoms with Crippen molar-refractivity contribution >= 4 is 11.7 Å². The molecule has 0 aromatic carbocycles. The summed E-state index contributed by atoms with van der Waals surface area (Å²) >= 11 is 0. The molecule has 2 heterocycles. The number of aromatic nitrogens is 2. The maximum atomic E-state index is 12.4. The number of piperazine rings is 1. The van der Waals surface area contributed by atoms with E-state index < -0.39 is 0 Å². The summed E-state index contributed by atoms with van der Waals surface area (Å²) in [4.78, 5) is 24.4. The summed E-state index contributed by atoms with van der Waals surface area (Å²) in [5, 5.41) is 3.01. The molecule has 5 heteroatoms. The topological polar surface area (TPSA) is 58.1 Å². The summed E-state index contributed by atoms with van der Waals surface area (Å²) in [6, 6.07) is -0.111. The summed E-state index contributed by atoms with van der Waals surface area (Å²) < 4.78 is 0. The number of nitrogens with zero attached hydrogens (tertiary/aromatic N) is 3. The molecule has 0 radical (unpaired) electrons. The van der Waals surface area contributed by atoms with Gasteiger partial charge in [-0.2, -0.15) is 0 Å². The van der Waals surface area contributed by atoms with Gasteiger partial charge in [0.2, 0.25) is 5.91 Å². The van der Waals surface area contributed by atoms with Crippen LogP contribution in [0.15, 0.2) is 0 Å². The van der Waals surface area contributed by atoms with Crippen LogP contribution in [0.2, 0.25) is 0 Å². The lowest BCUT2D eigenvalue weighted by Crippen LogP contribution is -2.58. The molecule has 1 atom stereocenters. The van der Waals surface area contributed by atoms with Crippen molar-refractivity contribution in [3.63, 3.8) is 0 Å². The Morgan fingerprint density at radius 3 is 2.77 bits per heavy atom. The van der Waals surface area contributed by atoms with Crippen LogP contribution in [0.4, 0.5) is 5.82 Å². The van der Waals surface area contributed by atoms with Crippen LogP contribution in [0.3, 0.4) is 0 Å². The van der Waals surface area contributed by atoms with Gasteiger partial charge >= 0.3 is 0 Å². The predicted molar refractivity (Wildman–Crippen MR) is 85.0 cm³/mol. The van der Waals surface area contributed by atoms with Gasteiger partial charge in [0.15, 0.2) is 0 Å². The van der Waals surface area contributed by atoms with Gasteiger partial charge in [-0.05, 0) is 38.0 Å². The molecule has 2 fully saturated rings. The van der Waals surface area contributed by atoms with E-state index in [2.05, 4.69) is 24.1 Å². The van der Waals surface area contributed by atoms with Gasteiger partial charge < -0.3 is 10.2 Å². The van der Waals surface area contributed by atoms with Gasteiger partial charge in [0, 0.05) is 30.3 Å². The van der Waals surface area contributed by atoms with E-state index in [0.717, 1.165) is 37.4 Å². The average Bonchev–Trinajstić information content (AvgIpc) is 3.23. The first-order chi connectivity index (χ1) is 10.6. The maximum Gasteiger partial charge on any atom is 0.243 e. The van der Waals surface area contributed by atoms with Crippen molar-refractivity contribution in [2.45, 2.75) is 57.9 Å². The van der Waals surface area contributed by atoms with Gasteiger partial charge in [-0.1, -0.05) is 13.8 Å². The highest BCUT2D eigenvalue weighted by atomic mass is 16.2. The molecule has 1 aromatic heterocycles. The van der Waals surface area contributed by atoms with E-state index >= 15 is 0 Å². The van der Waals surface area contributed by atoms with Gasteiger partial charge in [-0.15, -0.1) is 0 Å². The number of nitrogens with one attached hydrogen (secondary N) is 1. The van der Waals surface area contributed by atoms with Crippen LogP contribution in [-0.4, -0.2) is 35.0 Å². The lowest BCUT2D eigenvalue weighted by atomic mass is 9.99. The average molecular weight is 300 g/mol. The third-order valence-electron chi connectivity index (χ3n) is 5.03. The first-order valence-corrected chi connectivity index (χ1v) is 8.59. The van der Waals surface area contributed by atoms with Crippen LogP contribution < -0.4 is 10.2 Å². The number of anilines is 1. The number of aryl methyl sites for hydroxylation is 1. The molecular formula is C17H24N4O. The van der Waals surface area contributed by atoms with E-state index in [9.17, 15) is 4.79 Å². The minimum Gasteiger partial charge on any atom is -0.353 e. The molecule has 1 amide bonds. The summed E-state index contributed by atoms with van der Waals surface area (Å²) in [6.45, 7) is 5.79. The van der Waals surface area contributed by atoms with Gasteiger partial charge in [0.05, 0.1) is 0 Å². The normalized spacial score (nSPS) is 24.6. The van der Waals surface area contributed by atoms with Crippen molar-refractivity contribution in [2.24, 2.45) is 5.92 Å². The van der Waals surface area contributed by atoms with E-state index in [1.807, 2.05) is 0 Å². The molecule has 118 valence electrons. The van der Waals surface area contributed by atoms with Crippen LogP contribution in [0.25, 0.3) is 0 Å². The van der Waals surface area contributed by atoms with Crippen LogP contribution in [0, 0.1) is 5.92 Å². The number of carbonyl (C=O) groups is 1. The Balaban J connectivity index is 1.78. The van der Waals surface area contributed by atoms with Gasteiger partial charge in [0.25, 0.3) is 0 Å². The SMILES string of the molecule is CC(C)C1C(=O)NCCN1c1nc(C2CC2)nc2c1CCC2. The highest BCUT2D eigenvalue weighted by Crippen LogP contribution is 2.41. The van der Waals surface area contributed by atoms with Gasteiger partial charge in [-0.3, -0.25) is 4.79 Å². The standard InChI is InChI=1S/C17H24N4O/c1-10(2)14-17(22)18-8-9-21(14)16-12-4-3-5-13(12)19-15(20-16)11-6-7-11/h10-11,14H,3-9H2,1-2H3,(H,18,22). The molecular weight excluding hydrogens is 276 g/mol. The minimum absolute atomic E-state index is 0.111. The number of fused-ring (bicyclic) bond motifs is 1. The second kappa shape index (κ2) is 5.21. The molecule has 0 spiro atoms. The Kier molecular flexibility index (Phi) is 3.31. The fraction of sp³-hybridized carbons (Fsp3) is 0.706. The minimum atomic E-state index is -0.111. The molecule has 1 N–H and O–H groups in total. The van der Waals surface area contributed by atoms with E-state index in [4.69, 9.17) is 9.97 Å². The number of rotatable bonds is 3. The highest BCUT2D eigenvalue weighted by molar-refractivity contribution is 5.86. The Labute approximate surface area is 131 Å². The van der Waals surface area contributed by atoms with E-state index in [0.29, 0.717) is 12.5 Å². The number of hydrogen-bond donors (Lipinski definition) is 1. The zero-order valence-electron chi connectivity index (χ0n) is 13.4. The van der Waals surface area contributed by atoms with Crippen molar-refractivity contribution in [3.8, 4) is 0 Å². The van der Waals surface area contributed by atoms with Crippen LogP contribution in [0.5, 0.6) is 0 Å². The third-order valence-corrected chi connectivity index (χ3v) is 5.03. The predicted octanol–water partition coefficient (Wildman–Crippen LogP) is 1.80. The van der Waals surface area contributed by atoms with E-state index in [-0.39, 0.29) is 17.9 Å². The molecule has 4 rings (SSSR count). The molecule has 0 bridgehead atoms. The Morgan fingerprint density at radius 1 is 1.23 bits per heavy atom. The van der Waals surface area contributed by atoms with E-state index in [1.165, 1.54) is 24.1 Å². The van der Waals surface area contributed by atoms with E-state index in [1.54, 1.807) is 0 Å². The lowest BCUT2D eigenvalue weighted by Gasteiger charge is -2.39. The molecule has 1 unspecified atom stereocenters. The fourth-order valence-corrected chi connectivity index (χ4v) is 3.78. The van der Waals surface area contributed by atoms with Gasteiger partial charge in [-0.25, -0.2) is 9.97 Å². The molecule has 1 aromatic rings. The van der Waals surface area contributed by atoms with Crippen LogP contribution in [0.1, 0.15) is 56.1 Å². The monoisotopic (exact) mass is 300 g/mol. The summed E-state index contributed by atoms with van der Waals surface area (Å²) in [5.74, 6) is 3.04. The summed E-state index contributed by atoms with van der Waals surface area (Å²) in [5.41, 5.74) is 2.53. The Bertz CT molecular complexity index is 609. The van der Waals surface area contributed by atoms with Crippen molar-refractivity contribution in [1.82, 2.24) is 15.3 Å². The van der Waals surface area contributed by atoms with Crippen molar-refractivity contribution < 1.29 is 4.79 Å². The molecule has 1 saturated carbocycles. The molecule has 2 aliphatic carbocycles. The Morgan fingerprint density at radius 2 is 2.05 bits per heavy atom. The molecule has 3 aliphatic rings. The quantitative estimate of drug-likeness (QED) is 0.925. The second-order valence-electron chi connectivity index (χ2n) is 7.13. The number of amides is 1. The van der Waals surface area contributed by atoms with Crippen LogP contribution >= 0.6 is 0 Å². The zero-order valence-corrected chi connectivity index (χ0v) is 13.4. The smallest absolute Gasteiger partial charge is 0.243 e. The summed E-state index contributed by atoms with van der Waals surface area (Å²) in [6.07, 6.45) is 5.71. The zero-order chi connectivity index (χ0) is 15.3. The van der Waals surface area contributed by atoms with Crippen molar-refractivity contribution in [3.05, 3.63) is 17.1 Å². The molecule has 22 heavy (non-hydrogen) atoms. The molecule has 5 nitrogen and oxygen atoms in total.